The Labute approximate surface area is 242 Å². The highest BCUT2D eigenvalue weighted by Gasteiger charge is 2.50. The standard InChI is InChI=1S/C31H34F2N6O3/c1-2-22-23(33)5-4-17-8-21(40)10-25(26(17)22)39-15-24-27(29(39)41)28(37-13-19-9-20(14-37)34-19)36-30(35-24)42-16-31-6-3-7-38(31)12-18(32)11-31/h4-5,8,10,18-20,34,40H,2-3,6-7,9,11-16H2,1H3. The van der Waals surface area contributed by atoms with Crippen molar-refractivity contribution in [2.75, 3.05) is 42.6 Å². The van der Waals surface area contributed by atoms with E-state index in [4.69, 9.17) is 14.7 Å². The first-order valence-electron chi connectivity index (χ1n) is 15.0. The number of halogens is 2. The number of fused-ring (bicyclic) bond motifs is 5. The van der Waals surface area contributed by atoms with Crippen LogP contribution in [0.5, 0.6) is 11.8 Å². The fourth-order valence-electron chi connectivity index (χ4n) is 8.02. The minimum atomic E-state index is -0.862. The van der Waals surface area contributed by atoms with Gasteiger partial charge in [-0.3, -0.25) is 9.69 Å². The van der Waals surface area contributed by atoms with E-state index in [1.807, 2.05) is 6.92 Å². The molecule has 0 aliphatic carbocycles. The molecule has 2 N–H and O–H groups in total. The molecule has 5 saturated heterocycles. The highest BCUT2D eigenvalue weighted by Crippen LogP contribution is 2.43. The summed E-state index contributed by atoms with van der Waals surface area (Å²) in [5, 5.41) is 15.4. The minimum Gasteiger partial charge on any atom is -0.508 e. The van der Waals surface area contributed by atoms with Crippen molar-refractivity contribution < 1.29 is 23.4 Å². The van der Waals surface area contributed by atoms with Gasteiger partial charge in [-0.2, -0.15) is 9.97 Å². The summed E-state index contributed by atoms with van der Waals surface area (Å²) in [6, 6.07) is 7.00. The van der Waals surface area contributed by atoms with Crippen LogP contribution in [-0.2, 0) is 13.0 Å². The molecule has 7 heterocycles. The molecule has 5 fully saturated rings. The molecule has 4 atom stereocenters. The summed E-state index contributed by atoms with van der Waals surface area (Å²) in [6.07, 6.45) is 2.99. The summed E-state index contributed by atoms with van der Waals surface area (Å²) >= 11 is 0. The van der Waals surface area contributed by atoms with Gasteiger partial charge in [0.05, 0.1) is 23.5 Å². The Morgan fingerprint density at radius 2 is 2.00 bits per heavy atom. The minimum absolute atomic E-state index is 0.00413. The monoisotopic (exact) mass is 576 g/mol. The number of carbonyl (C=O) groups excluding carboxylic acids is 1. The maximum atomic E-state index is 14.9. The van der Waals surface area contributed by atoms with Crippen LogP contribution in [0.4, 0.5) is 20.3 Å². The van der Waals surface area contributed by atoms with Crippen molar-refractivity contribution in [1.82, 2.24) is 20.2 Å². The van der Waals surface area contributed by atoms with E-state index in [0.717, 1.165) is 25.8 Å². The second kappa shape index (κ2) is 9.47. The zero-order valence-corrected chi connectivity index (χ0v) is 23.6. The number of ether oxygens (including phenoxy) is 1. The van der Waals surface area contributed by atoms with E-state index in [-0.39, 0.29) is 35.6 Å². The number of anilines is 2. The molecule has 3 aromatic rings. The van der Waals surface area contributed by atoms with Gasteiger partial charge in [0.15, 0.2) is 0 Å². The van der Waals surface area contributed by atoms with Gasteiger partial charge in [-0.25, -0.2) is 8.78 Å². The predicted octanol–water partition coefficient (Wildman–Crippen LogP) is 3.70. The number of aromatic nitrogens is 2. The van der Waals surface area contributed by atoms with Crippen LogP contribution in [0, 0.1) is 5.82 Å². The number of amides is 1. The molecule has 1 amide bonds. The predicted molar refractivity (Wildman–Crippen MR) is 154 cm³/mol. The zero-order valence-electron chi connectivity index (χ0n) is 23.6. The maximum absolute atomic E-state index is 14.9. The lowest BCUT2D eigenvalue weighted by Gasteiger charge is -2.48. The first kappa shape index (κ1) is 26.1. The number of benzene rings is 2. The van der Waals surface area contributed by atoms with Gasteiger partial charge in [-0.05, 0) is 55.3 Å². The quantitative estimate of drug-likeness (QED) is 0.459. The number of nitrogens with one attached hydrogen (secondary N) is 1. The molecule has 0 spiro atoms. The molecule has 0 radical (unpaired) electrons. The van der Waals surface area contributed by atoms with E-state index in [2.05, 4.69) is 15.1 Å². The summed E-state index contributed by atoms with van der Waals surface area (Å²) in [5.41, 5.74) is 1.54. The maximum Gasteiger partial charge on any atom is 0.318 e. The highest BCUT2D eigenvalue weighted by molar-refractivity contribution is 6.16. The molecule has 2 aromatic carbocycles. The summed E-state index contributed by atoms with van der Waals surface area (Å²) in [6.45, 7) is 5.05. The van der Waals surface area contributed by atoms with Crippen molar-refractivity contribution in [2.24, 2.45) is 0 Å². The third-order valence-electron chi connectivity index (χ3n) is 9.94. The number of piperazine rings is 1. The first-order valence-corrected chi connectivity index (χ1v) is 15.0. The Balaban J connectivity index is 1.19. The van der Waals surface area contributed by atoms with Gasteiger partial charge in [0.25, 0.3) is 5.91 Å². The van der Waals surface area contributed by atoms with E-state index < -0.39 is 6.17 Å². The largest absolute Gasteiger partial charge is 0.508 e. The molecule has 4 unspecified atom stereocenters. The van der Waals surface area contributed by atoms with Gasteiger partial charge < -0.3 is 25.0 Å². The van der Waals surface area contributed by atoms with E-state index in [1.54, 1.807) is 17.0 Å². The van der Waals surface area contributed by atoms with E-state index in [9.17, 15) is 18.7 Å². The summed E-state index contributed by atoms with van der Waals surface area (Å²) in [5.74, 6) is -0.0927. The van der Waals surface area contributed by atoms with Crippen LogP contribution in [-0.4, -0.2) is 82.5 Å². The molecule has 6 aliphatic rings. The first-order chi connectivity index (χ1) is 20.3. The van der Waals surface area contributed by atoms with Gasteiger partial charge in [0, 0.05) is 49.6 Å². The number of aryl methyl sites for hydroxylation is 1. The van der Waals surface area contributed by atoms with E-state index in [1.165, 1.54) is 12.1 Å². The van der Waals surface area contributed by atoms with Crippen molar-refractivity contribution >= 4 is 28.2 Å². The van der Waals surface area contributed by atoms with E-state index >= 15 is 0 Å². The molecule has 2 bridgehead atoms. The summed E-state index contributed by atoms with van der Waals surface area (Å²) in [7, 11) is 0. The van der Waals surface area contributed by atoms with Crippen molar-refractivity contribution in [1.29, 1.82) is 0 Å². The lowest BCUT2D eigenvalue weighted by Crippen LogP contribution is -2.67. The smallest absolute Gasteiger partial charge is 0.318 e. The second-order valence-electron chi connectivity index (χ2n) is 12.6. The van der Waals surface area contributed by atoms with Crippen LogP contribution in [0.15, 0.2) is 24.3 Å². The van der Waals surface area contributed by atoms with Crippen LogP contribution in [0.1, 0.15) is 54.2 Å². The van der Waals surface area contributed by atoms with Crippen molar-refractivity contribution in [3.63, 3.8) is 0 Å². The average molecular weight is 577 g/mol. The van der Waals surface area contributed by atoms with Crippen molar-refractivity contribution in [2.45, 2.75) is 69.4 Å². The Morgan fingerprint density at radius 1 is 1.19 bits per heavy atom. The molecule has 9 nitrogen and oxygen atoms in total. The molecule has 9 rings (SSSR count). The Kier molecular flexibility index (Phi) is 5.88. The third-order valence-corrected chi connectivity index (χ3v) is 9.94. The van der Waals surface area contributed by atoms with Gasteiger partial charge in [-0.1, -0.05) is 13.0 Å². The topological polar surface area (TPSA) is 94.1 Å². The number of alkyl halides is 1. The van der Waals surface area contributed by atoms with Gasteiger partial charge in [0.1, 0.15) is 35.7 Å². The number of carbonyl (C=O) groups is 1. The van der Waals surface area contributed by atoms with Crippen molar-refractivity contribution in [3.8, 4) is 11.8 Å². The molecule has 11 heteroatoms. The van der Waals surface area contributed by atoms with Crippen LogP contribution in [0.25, 0.3) is 10.8 Å². The fourth-order valence-corrected chi connectivity index (χ4v) is 8.02. The molecular formula is C31H34F2N6O3. The number of phenols is 1. The Hall–Kier alpha value is -3.57. The molecule has 1 aromatic heterocycles. The highest BCUT2D eigenvalue weighted by atomic mass is 19.1. The molecule has 0 saturated carbocycles. The molecule has 42 heavy (non-hydrogen) atoms. The third kappa shape index (κ3) is 3.96. The number of hydrogen-bond acceptors (Lipinski definition) is 8. The van der Waals surface area contributed by atoms with Crippen LogP contribution in [0.2, 0.25) is 0 Å². The van der Waals surface area contributed by atoms with Crippen LogP contribution < -0.4 is 19.9 Å². The number of piperidine rings is 1. The Morgan fingerprint density at radius 3 is 2.79 bits per heavy atom. The van der Waals surface area contributed by atoms with Crippen LogP contribution in [0.3, 0.4) is 0 Å². The van der Waals surface area contributed by atoms with Gasteiger partial charge in [-0.15, -0.1) is 0 Å². The average Bonchev–Trinajstić information content (AvgIpc) is 3.60. The number of phenolic OH excluding ortho intramolecular Hbond substituents is 1. The SMILES string of the molecule is CCc1c(F)ccc2cc(O)cc(N3Cc4nc(OCC56CCCN5CC(F)C6)nc(N5CC6CC(C5)N6)c4C3=O)c12. The number of aromatic hydroxyl groups is 1. The summed E-state index contributed by atoms with van der Waals surface area (Å²) < 4.78 is 35.6. The fraction of sp³-hybridized carbons (Fsp3) is 0.516. The van der Waals surface area contributed by atoms with Crippen molar-refractivity contribution in [3.05, 3.63) is 46.9 Å². The normalized spacial score (nSPS) is 28.4. The van der Waals surface area contributed by atoms with Gasteiger partial charge in [0.2, 0.25) is 0 Å². The number of rotatable bonds is 6. The van der Waals surface area contributed by atoms with Gasteiger partial charge >= 0.3 is 6.01 Å². The van der Waals surface area contributed by atoms with Crippen LogP contribution >= 0.6 is 0 Å². The lowest BCUT2D eigenvalue weighted by molar-refractivity contribution is 0.0995. The molecule has 220 valence electrons. The lowest BCUT2D eigenvalue weighted by atomic mass is 9.91. The van der Waals surface area contributed by atoms with E-state index in [0.29, 0.717) is 90.3 Å². The second-order valence-corrected chi connectivity index (χ2v) is 12.6. The number of nitrogens with zero attached hydrogens (tertiary/aromatic N) is 5. The molecule has 6 aliphatic heterocycles. The summed E-state index contributed by atoms with van der Waals surface area (Å²) in [4.78, 5) is 29.6. The molecular weight excluding hydrogens is 542 g/mol. The Bertz CT molecular complexity index is 1600. The zero-order chi connectivity index (χ0) is 28.7. The number of hydrogen-bond donors (Lipinski definition) is 2.